The van der Waals surface area contributed by atoms with Crippen LogP contribution in [0.1, 0.15) is 78.1 Å². The quantitative estimate of drug-likeness (QED) is 0.481. The summed E-state index contributed by atoms with van der Waals surface area (Å²) in [6, 6.07) is -1.06. The van der Waals surface area contributed by atoms with Gasteiger partial charge in [0.2, 0.25) is 10.0 Å². The molecular formula is C15H31NO4S. The number of hydrogen-bond acceptors (Lipinski definition) is 3. The van der Waals surface area contributed by atoms with Gasteiger partial charge in [-0.15, -0.1) is 0 Å². The third kappa shape index (κ3) is 12.8. The zero-order valence-corrected chi connectivity index (χ0v) is 14.3. The molecule has 0 aromatic rings. The second-order valence-electron chi connectivity index (χ2n) is 5.68. The molecule has 0 aliphatic heterocycles. The van der Waals surface area contributed by atoms with Crippen molar-refractivity contribution >= 4 is 16.0 Å². The summed E-state index contributed by atoms with van der Waals surface area (Å²) >= 11 is 0. The zero-order chi connectivity index (χ0) is 16.1. The van der Waals surface area contributed by atoms with Crippen molar-refractivity contribution < 1.29 is 18.3 Å². The van der Waals surface area contributed by atoms with Crippen molar-refractivity contribution in [3.05, 3.63) is 0 Å². The predicted molar refractivity (Wildman–Crippen MR) is 85.9 cm³/mol. The Morgan fingerprint density at radius 1 is 0.952 bits per heavy atom. The van der Waals surface area contributed by atoms with Crippen LogP contribution in [0.5, 0.6) is 0 Å². The number of nitrogens with one attached hydrogen (secondary N) is 1. The molecule has 0 unspecified atom stereocenters. The highest BCUT2D eigenvalue weighted by Crippen LogP contribution is 2.10. The first-order valence-electron chi connectivity index (χ1n) is 8.12. The van der Waals surface area contributed by atoms with Gasteiger partial charge in [-0.25, -0.2) is 13.1 Å². The van der Waals surface area contributed by atoms with Gasteiger partial charge in [-0.2, -0.15) is 0 Å². The number of unbranched alkanes of at least 4 members (excludes halogenated alkanes) is 9. The number of hydrogen-bond donors (Lipinski definition) is 2. The first-order chi connectivity index (χ1) is 9.89. The molecule has 0 aliphatic carbocycles. The molecular weight excluding hydrogens is 290 g/mol. The Morgan fingerprint density at radius 3 is 1.81 bits per heavy atom. The van der Waals surface area contributed by atoms with Crippen molar-refractivity contribution in [2.45, 2.75) is 84.1 Å². The summed E-state index contributed by atoms with van der Waals surface area (Å²) in [5.41, 5.74) is 0. The maximum atomic E-state index is 11.6. The molecule has 0 saturated carbocycles. The molecule has 0 aromatic heterocycles. The van der Waals surface area contributed by atoms with E-state index >= 15 is 0 Å². The Kier molecular flexibility index (Phi) is 11.6. The highest BCUT2D eigenvalue weighted by atomic mass is 32.2. The van der Waals surface area contributed by atoms with Crippen molar-refractivity contribution in [3.8, 4) is 0 Å². The van der Waals surface area contributed by atoms with Gasteiger partial charge in [0.25, 0.3) is 0 Å². The van der Waals surface area contributed by atoms with Crippen LogP contribution < -0.4 is 4.72 Å². The Morgan fingerprint density at radius 2 is 1.38 bits per heavy atom. The van der Waals surface area contributed by atoms with E-state index in [4.69, 9.17) is 5.11 Å². The van der Waals surface area contributed by atoms with Crippen molar-refractivity contribution in [2.24, 2.45) is 0 Å². The third-order valence-corrected chi connectivity index (χ3v) is 5.03. The fourth-order valence-corrected chi connectivity index (χ4v) is 3.50. The molecule has 0 heterocycles. The summed E-state index contributed by atoms with van der Waals surface area (Å²) in [5, 5.41) is 8.66. The Bertz CT molecular complexity index is 368. The maximum Gasteiger partial charge on any atom is 0.321 e. The van der Waals surface area contributed by atoms with Crippen molar-refractivity contribution in [3.63, 3.8) is 0 Å². The summed E-state index contributed by atoms with van der Waals surface area (Å²) < 4.78 is 25.4. The molecule has 5 nitrogen and oxygen atoms in total. The number of carboxylic acids is 1. The molecule has 0 fully saturated rings. The van der Waals surface area contributed by atoms with Crippen molar-refractivity contribution in [2.75, 3.05) is 5.75 Å². The fourth-order valence-electron chi connectivity index (χ4n) is 2.16. The highest BCUT2D eigenvalue weighted by molar-refractivity contribution is 7.89. The van der Waals surface area contributed by atoms with Crippen molar-refractivity contribution in [1.29, 1.82) is 0 Å². The maximum absolute atomic E-state index is 11.6. The molecule has 0 amide bonds. The fraction of sp³-hybridized carbons (Fsp3) is 0.933. The largest absolute Gasteiger partial charge is 0.480 e. The summed E-state index contributed by atoms with van der Waals surface area (Å²) in [7, 11) is -3.46. The van der Waals surface area contributed by atoms with Crippen LogP contribution in [0.3, 0.4) is 0 Å². The molecule has 0 radical (unpaired) electrons. The lowest BCUT2D eigenvalue weighted by Gasteiger charge is -2.09. The molecule has 0 aromatic carbocycles. The van der Waals surface area contributed by atoms with Crippen LogP contribution >= 0.6 is 0 Å². The standard InChI is InChI=1S/C15H31NO4S/c1-3-4-5-6-7-8-9-10-11-12-13-21(19,20)16-14(2)15(17)18/h14,16H,3-13H2,1-2H3,(H,17,18)/t14-/m1/s1. The van der Waals surface area contributed by atoms with Gasteiger partial charge in [-0.05, 0) is 13.3 Å². The number of carboxylic acid groups (broad SMARTS) is 1. The third-order valence-electron chi connectivity index (χ3n) is 3.49. The van der Waals surface area contributed by atoms with Crippen LogP contribution in [0.15, 0.2) is 0 Å². The molecule has 0 bridgehead atoms. The van der Waals surface area contributed by atoms with Gasteiger partial charge in [-0.1, -0.05) is 64.7 Å². The SMILES string of the molecule is CCCCCCCCCCCCS(=O)(=O)N[C@H](C)C(=O)O. The highest BCUT2D eigenvalue weighted by Gasteiger charge is 2.18. The van der Waals surface area contributed by atoms with E-state index in [1.807, 2.05) is 0 Å². The van der Waals surface area contributed by atoms with Crippen LogP contribution in [0.25, 0.3) is 0 Å². The van der Waals surface area contributed by atoms with Crippen LogP contribution in [-0.2, 0) is 14.8 Å². The Hall–Kier alpha value is -0.620. The van der Waals surface area contributed by atoms with E-state index in [0.29, 0.717) is 6.42 Å². The van der Waals surface area contributed by atoms with Crippen LogP contribution in [-0.4, -0.2) is 31.3 Å². The first kappa shape index (κ1) is 20.4. The van der Waals surface area contributed by atoms with Crippen molar-refractivity contribution in [1.82, 2.24) is 4.72 Å². The Balaban J connectivity index is 3.51. The summed E-state index contributed by atoms with van der Waals surface area (Å²) in [5.74, 6) is -1.14. The molecule has 0 saturated heterocycles. The number of carbonyl (C=O) groups is 1. The minimum Gasteiger partial charge on any atom is -0.480 e. The number of aliphatic carboxylic acids is 1. The average Bonchev–Trinajstić information content (AvgIpc) is 2.40. The first-order valence-corrected chi connectivity index (χ1v) is 9.77. The van der Waals surface area contributed by atoms with Gasteiger partial charge in [0.05, 0.1) is 5.75 Å². The van der Waals surface area contributed by atoms with E-state index in [0.717, 1.165) is 19.3 Å². The number of rotatable bonds is 14. The molecule has 0 rings (SSSR count). The van der Waals surface area contributed by atoms with Crippen LogP contribution in [0.4, 0.5) is 0 Å². The second-order valence-corrected chi connectivity index (χ2v) is 7.55. The minimum absolute atomic E-state index is 0.0150. The zero-order valence-electron chi connectivity index (χ0n) is 13.4. The predicted octanol–water partition coefficient (Wildman–Crippen LogP) is 3.30. The normalized spacial score (nSPS) is 13.2. The molecule has 21 heavy (non-hydrogen) atoms. The van der Waals surface area contributed by atoms with E-state index in [2.05, 4.69) is 11.6 Å². The van der Waals surface area contributed by atoms with Crippen LogP contribution in [0.2, 0.25) is 0 Å². The van der Waals surface area contributed by atoms with Gasteiger partial charge in [0.15, 0.2) is 0 Å². The van der Waals surface area contributed by atoms with E-state index in [1.165, 1.54) is 45.4 Å². The summed E-state index contributed by atoms with van der Waals surface area (Å²) in [4.78, 5) is 10.6. The van der Waals surface area contributed by atoms with Crippen LogP contribution in [0, 0.1) is 0 Å². The smallest absolute Gasteiger partial charge is 0.321 e. The van der Waals surface area contributed by atoms with E-state index in [1.54, 1.807) is 0 Å². The van der Waals surface area contributed by atoms with E-state index in [-0.39, 0.29) is 5.75 Å². The molecule has 1 atom stereocenters. The molecule has 0 spiro atoms. The van der Waals surface area contributed by atoms with Gasteiger partial charge in [-0.3, -0.25) is 4.79 Å². The summed E-state index contributed by atoms with van der Waals surface area (Å²) in [6.07, 6.45) is 11.4. The summed E-state index contributed by atoms with van der Waals surface area (Å²) in [6.45, 7) is 3.54. The van der Waals surface area contributed by atoms with Gasteiger partial charge >= 0.3 is 5.97 Å². The second kappa shape index (κ2) is 12.0. The monoisotopic (exact) mass is 321 g/mol. The van der Waals surface area contributed by atoms with E-state index < -0.39 is 22.0 Å². The minimum atomic E-state index is -3.46. The molecule has 2 N–H and O–H groups in total. The van der Waals surface area contributed by atoms with Gasteiger partial charge in [0, 0.05) is 0 Å². The number of sulfonamides is 1. The lowest BCUT2D eigenvalue weighted by Crippen LogP contribution is -2.39. The average molecular weight is 321 g/mol. The topological polar surface area (TPSA) is 83.5 Å². The lowest BCUT2D eigenvalue weighted by molar-refractivity contribution is -0.138. The van der Waals surface area contributed by atoms with E-state index in [9.17, 15) is 13.2 Å². The van der Waals surface area contributed by atoms with Gasteiger partial charge < -0.3 is 5.11 Å². The Labute approximate surface area is 129 Å². The lowest BCUT2D eigenvalue weighted by atomic mass is 10.1. The molecule has 0 aliphatic rings. The molecule has 126 valence electrons. The van der Waals surface area contributed by atoms with Gasteiger partial charge in [0.1, 0.15) is 6.04 Å². The molecule has 6 heteroatoms.